The van der Waals surface area contributed by atoms with Crippen molar-refractivity contribution in [3.63, 3.8) is 0 Å². The van der Waals surface area contributed by atoms with Crippen molar-refractivity contribution in [2.75, 3.05) is 13.1 Å². The third-order valence-electron chi connectivity index (χ3n) is 13.2. The summed E-state index contributed by atoms with van der Waals surface area (Å²) in [5.41, 5.74) is 2.32. The summed E-state index contributed by atoms with van der Waals surface area (Å²) in [7, 11) is 0. The van der Waals surface area contributed by atoms with E-state index in [1.165, 1.54) is 82.6 Å². The number of carbonyl (C=O) groups excluding carboxylic acids is 1. The summed E-state index contributed by atoms with van der Waals surface area (Å²) in [6.07, 6.45) is 18.5. The number of fused-ring (bicyclic) bond motifs is 5. The minimum absolute atomic E-state index is 0.430. The fourth-order valence-corrected chi connectivity index (χ4v) is 11.0. The van der Waals surface area contributed by atoms with Gasteiger partial charge in [0.2, 0.25) is 5.91 Å². The van der Waals surface area contributed by atoms with E-state index in [-0.39, 0.29) is 0 Å². The normalized spacial score (nSPS) is 40.8. The Morgan fingerprint density at radius 2 is 1.67 bits per heavy atom. The lowest BCUT2D eigenvalue weighted by molar-refractivity contribution is -0.139. The van der Waals surface area contributed by atoms with Gasteiger partial charge in [-0.05, 0) is 135 Å². The van der Waals surface area contributed by atoms with E-state index in [2.05, 4.69) is 56.0 Å². The van der Waals surface area contributed by atoms with Crippen LogP contribution in [0, 0.1) is 46.3 Å². The van der Waals surface area contributed by atoms with Crippen LogP contribution >= 0.6 is 0 Å². The van der Waals surface area contributed by atoms with Gasteiger partial charge in [-0.1, -0.05) is 51.1 Å². The quantitative estimate of drug-likeness (QED) is 0.351. The molecule has 39 heavy (non-hydrogen) atoms. The maximum Gasteiger partial charge on any atom is 0.222 e. The molecule has 1 saturated heterocycles. The van der Waals surface area contributed by atoms with Gasteiger partial charge in [0, 0.05) is 19.5 Å². The van der Waals surface area contributed by atoms with Gasteiger partial charge in [0.05, 0.1) is 12.7 Å². The highest BCUT2D eigenvalue weighted by Crippen LogP contribution is 2.68. The average Bonchev–Trinajstić information content (AvgIpc) is 3.33. The molecule has 1 aliphatic heterocycles. The van der Waals surface area contributed by atoms with Crippen LogP contribution < -0.4 is 0 Å². The van der Waals surface area contributed by atoms with E-state index < -0.39 is 0 Å². The molecule has 0 unspecified atom stereocenters. The summed E-state index contributed by atoms with van der Waals surface area (Å²) >= 11 is 0. The molecular weight excluding hydrogens is 478 g/mol. The summed E-state index contributed by atoms with van der Waals surface area (Å²) in [6.45, 7) is 10.6. The lowest BCUT2D eigenvalue weighted by Crippen LogP contribution is -2.54. The van der Waals surface area contributed by atoms with Crippen molar-refractivity contribution in [2.45, 2.75) is 123 Å². The molecule has 0 spiro atoms. The number of amides is 1. The first-order valence-electron chi connectivity index (χ1n) is 16.8. The monoisotopic (exact) mass is 533 g/mol. The Balaban J connectivity index is 1.05. The van der Waals surface area contributed by atoms with Crippen LogP contribution in [0.15, 0.2) is 30.3 Å². The molecule has 3 heteroatoms. The molecule has 3 nitrogen and oxygen atoms in total. The van der Waals surface area contributed by atoms with E-state index in [9.17, 15) is 4.79 Å². The van der Waals surface area contributed by atoms with Gasteiger partial charge in [0.25, 0.3) is 0 Å². The number of benzene rings is 1. The lowest BCUT2D eigenvalue weighted by atomic mass is 9.44. The zero-order chi connectivity index (χ0) is 27.0. The Morgan fingerprint density at radius 3 is 2.46 bits per heavy atom. The Kier molecular flexibility index (Phi) is 8.20. The average molecular weight is 534 g/mol. The second-order valence-electron chi connectivity index (χ2n) is 15.0. The Hall–Kier alpha value is -1.35. The first-order chi connectivity index (χ1) is 18.9. The first-order valence-corrected chi connectivity index (χ1v) is 16.8. The number of rotatable bonds is 7. The van der Waals surface area contributed by atoms with Gasteiger partial charge < -0.3 is 9.64 Å². The number of hydrogen-bond acceptors (Lipinski definition) is 2. The largest absolute Gasteiger partial charge is 0.374 e. The van der Waals surface area contributed by atoms with Crippen LogP contribution in [0.25, 0.3) is 0 Å². The van der Waals surface area contributed by atoms with Gasteiger partial charge in [0.15, 0.2) is 0 Å². The summed E-state index contributed by atoms with van der Waals surface area (Å²) in [4.78, 5) is 15.0. The van der Waals surface area contributed by atoms with Crippen molar-refractivity contribution in [1.29, 1.82) is 0 Å². The molecule has 0 N–H and O–H groups in total. The maximum atomic E-state index is 12.9. The lowest BCUT2D eigenvalue weighted by Gasteiger charge is -2.61. The molecule has 6 rings (SSSR count). The van der Waals surface area contributed by atoms with Crippen molar-refractivity contribution in [3.8, 4) is 0 Å². The van der Waals surface area contributed by atoms with E-state index in [1.807, 2.05) is 0 Å². The summed E-state index contributed by atoms with van der Waals surface area (Å²) in [5.74, 6) is 5.51. The summed E-state index contributed by atoms with van der Waals surface area (Å²) in [6, 6.07) is 10.7. The van der Waals surface area contributed by atoms with E-state index in [0.29, 0.717) is 28.8 Å². The van der Waals surface area contributed by atoms with Crippen molar-refractivity contribution in [3.05, 3.63) is 35.9 Å². The van der Waals surface area contributed by atoms with Gasteiger partial charge in [-0.15, -0.1) is 0 Å². The molecule has 0 radical (unpaired) electrons. The van der Waals surface area contributed by atoms with Crippen LogP contribution in [0.4, 0.5) is 0 Å². The molecule has 1 aromatic carbocycles. The molecule has 0 aromatic heterocycles. The standard InChI is InChI=1S/C36H55NO2/c1-26(12-17-34(38)37-22-8-5-9-23-37)31-15-16-32-30-14-13-28-24-29(39-25-27-10-6-4-7-11-27)18-20-35(28,2)33(30)19-21-36(31,32)3/h4,6-7,10-11,26,28-33H,5,8-9,12-25H2,1-3H3/t26-,28-,29-,30+,31-,32+,33+,35+,36-/m1/s1. The first kappa shape index (κ1) is 27.8. The second kappa shape index (κ2) is 11.5. The second-order valence-corrected chi connectivity index (χ2v) is 15.0. The molecule has 5 fully saturated rings. The predicted molar refractivity (Wildman–Crippen MR) is 159 cm³/mol. The van der Waals surface area contributed by atoms with Gasteiger partial charge in [0.1, 0.15) is 0 Å². The number of nitrogens with zero attached hydrogens (tertiary/aromatic N) is 1. The summed E-state index contributed by atoms with van der Waals surface area (Å²) in [5, 5.41) is 0. The third kappa shape index (κ3) is 5.35. The molecule has 0 bridgehead atoms. The van der Waals surface area contributed by atoms with Crippen LogP contribution in [0.3, 0.4) is 0 Å². The Morgan fingerprint density at radius 1 is 0.923 bits per heavy atom. The molecular formula is C36H55NO2. The van der Waals surface area contributed by atoms with E-state index >= 15 is 0 Å². The number of piperidine rings is 1. The number of hydrogen-bond donors (Lipinski definition) is 0. The zero-order valence-corrected chi connectivity index (χ0v) is 25.2. The zero-order valence-electron chi connectivity index (χ0n) is 25.2. The molecule has 216 valence electrons. The molecule has 1 amide bonds. The van der Waals surface area contributed by atoms with E-state index in [1.54, 1.807) is 0 Å². The van der Waals surface area contributed by atoms with Crippen molar-refractivity contribution in [1.82, 2.24) is 4.90 Å². The van der Waals surface area contributed by atoms with Crippen LogP contribution in [-0.4, -0.2) is 30.0 Å². The number of ether oxygens (including phenoxy) is 1. The fourth-order valence-electron chi connectivity index (χ4n) is 11.0. The van der Waals surface area contributed by atoms with Gasteiger partial charge in [-0.2, -0.15) is 0 Å². The van der Waals surface area contributed by atoms with E-state index in [4.69, 9.17) is 4.74 Å². The van der Waals surface area contributed by atoms with Crippen molar-refractivity contribution < 1.29 is 9.53 Å². The predicted octanol–water partition coefficient (Wildman–Crippen LogP) is 8.66. The molecule has 1 aromatic rings. The number of likely N-dealkylation sites (tertiary alicyclic amines) is 1. The minimum Gasteiger partial charge on any atom is -0.374 e. The highest BCUT2D eigenvalue weighted by Gasteiger charge is 2.60. The third-order valence-corrected chi connectivity index (χ3v) is 13.2. The molecule has 9 atom stereocenters. The van der Waals surface area contributed by atoms with Crippen LogP contribution in [0.5, 0.6) is 0 Å². The molecule has 4 saturated carbocycles. The van der Waals surface area contributed by atoms with Crippen molar-refractivity contribution in [2.24, 2.45) is 46.3 Å². The molecule has 4 aliphatic carbocycles. The van der Waals surface area contributed by atoms with Crippen LogP contribution in [0.2, 0.25) is 0 Å². The minimum atomic E-state index is 0.430. The molecule has 5 aliphatic rings. The fraction of sp³-hybridized carbons (Fsp3) is 0.806. The van der Waals surface area contributed by atoms with E-state index in [0.717, 1.165) is 62.1 Å². The topological polar surface area (TPSA) is 29.5 Å². The van der Waals surface area contributed by atoms with Crippen LogP contribution in [0.1, 0.15) is 116 Å². The summed E-state index contributed by atoms with van der Waals surface area (Å²) < 4.78 is 6.48. The van der Waals surface area contributed by atoms with Crippen molar-refractivity contribution >= 4 is 5.91 Å². The Labute approximate surface area is 238 Å². The van der Waals surface area contributed by atoms with Gasteiger partial charge in [-0.3, -0.25) is 4.79 Å². The van der Waals surface area contributed by atoms with Crippen LogP contribution in [-0.2, 0) is 16.1 Å². The van der Waals surface area contributed by atoms with Gasteiger partial charge in [-0.25, -0.2) is 0 Å². The maximum absolute atomic E-state index is 12.9. The smallest absolute Gasteiger partial charge is 0.222 e. The molecule has 1 heterocycles. The number of carbonyl (C=O) groups is 1. The SMILES string of the molecule is C[C@H](CCC(=O)N1CCCCC1)[C@H]1CC[C@H]2[C@@H]3CC[C@@H]4C[C@H](OCc5ccccc5)CC[C@]4(C)[C@H]3CC[C@]12C. The highest BCUT2D eigenvalue weighted by molar-refractivity contribution is 5.76. The highest BCUT2D eigenvalue weighted by atomic mass is 16.5. The van der Waals surface area contributed by atoms with Gasteiger partial charge >= 0.3 is 0 Å². The Bertz CT molecular complexity index is 972.